The fourth-order valence-corrected chi connectivity index (χ4v) is 2.40. The van der Waals surface area contributed by atoms with Gasteiger partial charge in [0.05, 0.1) is 5.02 Å². The van der Waals surface area contributed by atoms with Gasteiger partial charge in [-0.15, -0.1) is 0 Å². The third kappa shape index (κ3) is 2.71. The Hall–Kier alpha value is -0.830. The Labute approximate surface area is 114 Å². The molecule has 2 aromatic carbocycles. The summed E-state index contributed by atoms with van der Waals surface area (Å²) in [4.78, 5) is 0. The topological polar surface area (TPSA) is 20.2 Å². The van der Waals surface area contributed by atoms with Gasteiger partial charge < -0.3 is 5.11 Å². The highest BCUT2D eigenvalue weighted by atomic mass is 79.9. The van der Waals surface area contributed by atoms with Crippen LogP contribution in [0.2, 0.25) is 5.02 Å². The van der Waals surface area contributed by atoms with Gasteiger partial charge in [0.15, 0.2) is 0 Å². The fraction of sp³-hybridized carbons (Fsp3) is 0.143. The van der Waals surface area contributed by atoms with Crippen LogP contribution in [0.25, 0.3) is 0 Å². The first-order valence-electron chi connectivity index (χ1n) is 5.28. The Morgan fingerprint density at radius 2 is 1.82 bits per heavy atom. The van der Waals surface area contributed by atoms with Crippen LogP contribution >= 0.6 is 27.5 Å². The summed E-state index contributed by atoms with van der Waals surface area (Å²) in [7, 11) is 0. The maximum absolute atomic E-state index is 10.3. The smallest absolute Gasteiger partial charge is 0.104 e. The first-order valence-corrected chi connectivity index (χ1v) is 6.45. The van der Waals surface area contributed by atoms with Crippen molar-refractivity contribution >= 4 is 27.5 Å². The molecule has 17 heavy (non-hydrogen) atoms. The molecule has 1 nitrogen and oxygen atoms in total. The van der Waals surface area contributed by atoms with Crippen LogP contribution in [0.1, 0.15) is 22.8 Å². The van der Waals surface area contributed by atoms with E-state index in [0.717, 1.165) is 21.2 Å². The second-order valence-electron chi connectivity index (χ2n) is 3.94. The maximum Gasteiger partial charge on any atom is 0.104 e. The zero-order valence-corrected chi connectivity index (χ0v) is 11.7. The molecular weight excluding hydrogens is 300 g/mol. The van der Waals surface area contributed by atoms with Crippen LogP contribution in [0.5, 0.6) is 0 Å². The molecule has 1 atom stereocenters. The summed E-state index contributed by atoms with van der Waals surface area (Å²) in [6, 6.07) is 13.3. The van der Waals surface area contributed by atoms with E-state index < -0.39 is 6.10 Å². The summed E-state index contributed by atoms with van der Waals surface area (Å²) >= 11 is 9.43. The quantitative estimate of drug-likeness (QED) is 0.866. The number of aliphatic hydroxyl groups is 1. The van der Waals surface area contributed by atoms with Gasteiger partial charge in [-0.2, -0.15) is 0 Å². The standard InChI is InChI=1S/C14H12BrClO/c1-9-7-12(15)13(16)8-11(9)14(17)10-5-3-2-4-6-10/h2-8,14,17H,1H3. The van der Waals surface area contributed by atoms with Crippen LogP contribution in [0.4, 0.5) is 0 Å². The molecule has 0 fully saturated rings. The summed E-state index contributed by atoms with van der Waals surface area (Å²) in [5, 5.41) is 10.9. The Kier molecular flexibility index (Phi) is 3.87. The molecule has 3 heteroatoms. The van der Waals surface area contributed by atoms with Crippen LogP contribution in [0.15, 0.2) is 46.9 Å². The molecule has 0 spiro atoms. The monoisotopic (exact) mass is 310 g/mol. The SMILES string of the molecule is Cc1cc(Br)c(Cl)cc1C(O)c1ccccc1. The third-order valence-electron chi connectivity index (χ3n) is 2.72. The van der Waals surface area contributed by atoms with Gasteiger partial charge in [0.1, 0.15) is 6.10 Å². The zero-order chi connectivity index (χ0) is 12.4. The number of benzene rings is 2. The van der Waals surface area contributed by atoms with Gasteiger partial charge in [0.2, 0.25) is 0 Å². The van der Waals surface area contributed by atoms with E-state index in [1.807, 2.05) is 43.3 Å². The lowest BCUT2D eigenvalue weighted by Gasteiger charge is -2.15. The van der Waals surface area contributed by atoms with Crippen molar-refractivity contribution in [2.45, 2.75) is 13.0 Å². The molecule has 0 saturated carbocycles. The van der Waals surface area contributed by atoms with E-state index in [1.165, 1.54) is 0 Å². The molecule has 0 aromatic heterocycles. The van der Waals surface area contributed by atoms with E-state index >= 15 is 0 Å². The molecule has 0 bridgehead atoms. The van der Waals surface area contributed by atoms with E-state index in [2.05, 4.69) is 15.9 Å². The molecule has 0 aliphatic rings. The van der Waals surface area contributed by atoms with E-state index in [1.54, 1.807) is 6.07 Å². The van der Waals surface area contributed by atoms with Crippen LogP contribution in [0.3, 0.4) is 0 Å². The molecule has 0 radical (unpaired) electrons. The molecule has 0 saturated heterocycles. The molecule has 88 valence electrons. The van der Waals surface area contributed by atoms with Crippen LogP contribution in [-0.2, 0) is 0 Å². The van der Waals surface area contributed by atoms with E-state index in [0.29, 0.717) is 5.02 Å². The van der Waals surface area contributed by atoms with Gasteiger partial charge in [-0.25, -0.2) is 0 Å². The molecular formula is C14H12BrClO. The zero-order valence-electron chi connectivity index (χ0n) is 9.32. The van der Waals surface area contributed by atoms with Gasteiger partial charge in [0.25, 0.3) is 0 Å². The van der Waals surface area contributed by atoms with E-state index in [9.17, 15) is 5.11 Å². The minimum atomic E-state index is -0.637. The Balaban J connectivity index is 2.44. The highest BCUT2D eigenvalue weighted by Gasteiger charge is 2.14. The van der Waals surface area contributed by atoms with Crippen molar-refractivity contribution in [3.63, 3.8) is 0 Å². The maximum atomic E-state index is 10.3. The van der Waals surface area contributed by atoms with Gasteiger partial charge in [-0.1, -0.05) is 41.9 Å². The lowest BCUT2D eigenvalue weighted by atomic mass is 9.98. The summed E-state index contributed by atoms with van der Waals surface area (Å²) in [5.74, 6) is 0. The van der Waals surface area contributed by atoms with Crippen LogP contribution in [0, 0.1) is 6.92 Å². The van der Waals surface area contributed by atoms with Gasteiger partial charge in [-0.3, -0.25) is 0 Å². The average molecular weight is 312 g/mol. The lowest BCUT2D eigenvalue weighted by molar-refractivity contribution is 0.219. The van der Waals surface area contributed by atoms with E-state index in [4.69, 9.17) is 11.6 Å². The third-order valence-corrected chi connectivity index (χ3v) is 3.92. The molecule has 0 aliphatic heterocycles. The lowest BCUT2D eigenvalue weighted by Crippen LogP contribution is -2.02. The van der Waals surface area contributed by atoms with Crippen molar-refractivity contribution in [1.29, 1.82) is 0 Å². The normalized spacial score (nSPS) is 12.5. The van der Waals surface area contributed by atoms with Gasteiger partial charge in [-0.05, 0) is 51.7 Å². The van der Waals surface area contributed by atoms with Crippen molar-refractivity contribution in [3.8, 4) is 0 Å². The largest absolute Gasteiger partial charge is 0.384 e. The van der Waals surface area contributed by atoms with Crippen molar-refractivity contribution < 1.29 is 5.11 Å². The molecule has 1 N–H and O–H groups in total. The molecule has 0 aliphatic carbocycles. The van der Waals surface area contributed by atoms with E-state index in [-0.39, 0.29) is 0 Å². The van der Waals surface area contributed by atoms with Crippen LogP contribution in [-0.4, -0.2) is 5.11 Å². The summed E-state index contributed by atoms with van der Waals surface area (Å²) < 4.78 is 0.848. The van der Waals surface area contributed by atoms with Crippen molar-refractivity contribution in [1.82, 2.24) is 0 Å². The minimum absolute atomic E-state index is 0.612. The molecule has 2 rings (SSSR count). The number of hydrogen-bond donors (Lipinski definition) is 1. The summed E-state index contributed by atoms with van der Waals surface area (Å²) in [6.07, 6.45) is -0.637. The molecule has 1 unspecified atom stereocenters. The molecule has 0 amide bonds. The molecule has 0 heterocycles. The van der Waals surface area contributed by atoms with Crippen LogP contribution < -0.4 is 0 Å². The van der Waals surface area contributed by atoms with Gasteiger partial charge in [0, 0.05) is 4.47 Å². The number of halogens is 2. The van der Waals surface area contributed by atoms with Crippen molar-refractivity contribution in [3.05, 3.63) is 68.7 Å². The predicted octanol–water partition coefficient (Wildman–Crippen LogP) is 4.49. The second kappa shape index (κ2) is 5.21. The minimum Gasteiger partial charge on any atom is -0.384 e. The number of hydrogen-bond acceptors (Lipinski definition) is 1. The molecule has 2 aromatic rings. The highest BCUT2D eigenvalue weighted by Crippen LogP contribution is 2.31. The Bertz CT molecular complexity index is 525. The number of rotatable bonds is 2. The summed E-state index contributed by atoms with van der Waals surface area (Å²) in [6.45, 7) is 1.96. The summed E-state index contributed by atoms with van der Waals surface area (Å²) in [5.41, 5.74) is 2.72. The second-order valence-corrected chi connectivity index (χ2v) is 5.20. The van der Waals surface area contributed by atoms with Crippen molar-refractivity contribution in [2.24, 2.45) is 0 Å². The first kappa shape index (κ1) is 12.6. The Morgan fingerprint density at radius 1 is 1.18 bits per heavy atom. The average Bonchev–Trinajstić information content (AvgIpc) is 2.34. The first-order chi connectivity index (χ1) is 8.09. The number of aryl methyl sites for hydroxylation is 1. The highest BCUT2D eigenvalue weighted by molar-refractivity contribution is 9.10. The van der Waals surface area contributed by atoms with Gasteiger partial charge >= 0.3 is 0 Å². The predicted molar refractivity (Wildman–Crippen MR) is 74.4 cm³/mol. The number of aliphatic hydroxyl groups excluding tert-OH is 1. The fourth-order valence-electron chi connectivity index (χ4n) is 1.77. The Morgan fingerprint density at radius 3 is 2.47 bits per heavy atom. The van der Waals surface area contributed by atoms with Crippen molar-refractivity contribution in [2.75, 3.05) is 0 Å².